The molecule has 0 saturated carbocycles. The third-order valence-electron chi connectivity index (χ3n) is 3.64. The van der Waals surface area contributed by atoms with E-state index in [0.29, 0.717) is 7.05 Å². The van der Waals surface area contributed by atoms with Crippen LogP contribution in [-0.4, -0.2) is 16.9 Å². The van der Waals surface area contributed by atoms with Crippen LogP contribution in [0, 0.1) is 49.3 Å². The van der Waals surface area contributed by atoms with Crippen molar-refractivity contribution in [3.63, 3.8) is 0 Å². The van der Waals surface area contributed by atoms with E-state index < -0.39 is 73.4 Å². The number of non-ortho nitro benzene ring substituents is 1. The molecular formula is C14H5F8N3O4. The van der Waals surface area contributed by atoms with Gasteiger partial charge in [-0.1, -0.05) is 0 Å². The van der Waals surface area contributed by atoms with Crippen molar-refractivity contribution >= 4 is 22.7 Å². The maximum Gasteiger partial charge on any atom is 0.418 e. The summed E-state index contributed by atoms with van der Waals surface area (Å²) >= 11 is 0. The maximum absolute atomic E-state index is 14.0. The van der Waals surface area contributed by atoms with Crippen LogP contribution in [0.4, 0.5) is 57.9 Å². The highest BCUT2D eigenvalue weighted by molar-refractivity contribution is 5.78. The molecule has 0 spiro atoms. The third kappa shape index (κ3) is 3.62. The molecule has 0 heterocycles. The Kier molecular flexibility index (Phi) is 5.36. The van der Waals surface area contributed by atoms with Crippen LogP contribution in [0.2, 0.25) is 0 Å². The number of halogens is 8. The number of hydrogen-bond acceptors (Lipinski definition) is 5. The molecule has 0 N–H and O–H groups in total. The lowest BCUT2D eigenvalue weighted by Crippen LogP contribution is -2.22. The zero-order chi connectivity index (χ0) is 22.4. The summed E-state index contributed by atoms with van der Waals surface area (Å²) in [5, 5.41) is 21.9. The standard InChI is InChI=1S/C14H5F8N3O4/c1-23(13-10(18)8(16)7(15)9(17)11(13)19)12-5(14(20,21)22)2-4(24(26)27)3-6(12)25(28)29/h2-3H,1H3. The first-order valence-electron chi connectivity index (χ1n) is 6.99. The molecule has 0 bridgehead atoms. The van der Waals surface area contributed by atoms with Gasteiger partial charge in [-0.15, -0.1) is 0 Å². The fraction of sp³-hybridized carbons (Fsp3) is 0.143. The number of anilines is 2. The van der Waals surface area contributed by atoms with Crippen LogP contribution in [0.5, 0.6) is 0 Å². The van der Waals surface area contributed by atoms with Crippen molar-refractivity contribution in [2.75, 3.05) is 11.9 Å². The van der Waals surface area contributed by atoms with Crippen molar-refractivity contribution in [2.45, 2.75) is 6.18 Å². The van der Waals surface area contributed by atoms with E-state index in [1.165, 1.54) is 0 Å². The lowest BCUT2D eigenvalue weighted by molar-refractivity contribution is -0.394. The van der Waals surface area contributed by atoms with Crippen molar-refractivity contribution in [1.82, 2.24) is 0 Å². The first-order chi connectivity index (χ1) is 13.2. The van der Waals surface area contributed by atoms with Gasteiger partial charge in [0.25, 0.3) is 11.4 Å². The predicted octanol–water partition coefficient (Wildman–Crippen LogP) is 4.99. The highest BCUT2D eigenvalue weighted by atomic mass is 19.4. The molecule has 0 aromatic heterocycles. The fourth-order valence-electron chi connectivity index (χ4n) is 2.42. The minimum Gasteiger partial charge on any atom is -0.334 e. The third-order valence-corrected chi connectivity index (χ3v) is 3.64. The van der Waals surface area contributed by atoms with Gasteiger partial charge in [0.2, 0.25) is 5.82 Å². The fourth-order valence-corrected chi connectivity index (χ4v) is 2.42. The average Bonchev–Trinajstić information content (AvgIpc) is 2.62. The molecule has 2 rings (SSSR count). The van der Waals surface area contributed by atoms with Gasteiger partial charge in [-0.05, 0) is 0 Å². The van der Waals surface area contributed by atoms with Crippen molar-refractivity contribution in [2.24, 2.45) is 0 Å². The summed E-state index contributed by atoms with van der Waals surface area (Å²) in [6.45, 7) is 0. The Morgan fingerprint density at radius 1 is 0.793 bits per heavy atom. The van der Waals surface area contributed by atoms with E-state index in [0.717, 1.165) is 0 Å². The Hall–Kier alpha value is -3.52. The second-order valence-electron chi connectivity index (χ2n) is 5.35. The molecule has 2 aromatic rings. The Morgan fingerprint density at radius 3 is 1.62 bits per heavy atom. The molecule has 0 unspecified atom stereocenters. The van der Waals surface area contributed by atoms with E-state index in [2.05, 4.69) is 0 Å². The average molecular weight is 431 g/mol. The molecule has 0 atom stereocenters. The second kappa shape index (κ2) is 7.14. The van der Waals surface area contributed by atoms with Crippen LogP contribution in [0.3, 0.4) is 0 Å². The van der Waals surface area contributed by atoms with Crippen molar-refractivity contribution in [3.8, 4) is 0 Å². The maximum atomic E-state index is 14.0. The molecule has 0 aliphatic rings. The Balaban J connectivity index is 2.98. The SMILES string of the molecule is CN(c1c([N+](=O)[O-])cc([N+](=O)[O-])cc1C(F)(F)F)c1c(F)c(F)c(F)c(F)c1F. The van der Waals surface area contributed by atoms with Crippen LogP contribution >= 0.6 is 0 Å². The highest BCUT2D eigenvalue weighted by Gasteiger charge is 2.42. The summed E-state index contributed by atoms with van der Waals surface area (Å²) in [5.41, 5.74) is -8.75. The molecule has 0 radical (unpaired) electrons. The monoisotopic (exact) mass is 431 g/mol. The van der Waals surface area contributed by atoms with Gasteiger partial charge in [0.05, 0.1) is 21.5 Å². The number of alkyl halides is 3. The molecule has 15 heteroatoms. The topological polar surface area (TPSA) is 89.5 Å². The van der Waals surface area contributed by atoms with Crippen LogP contribution < -0.4 is 4.90 Å². The van der Waals surface area contributed by atoms with Gasteiger partial charge in [0.15, 0.2) is 23.3 Å². The predicted molar refractivity (Wildman–Crippen MR) is 79.0 cm³/mol. The Morgan fingerprint density at radius 2 is 1.24 bits per heavy atom. The summed E-state index contributed by atoms with van der Waals surface area (Å²) in [4.78, 5) is 18.7. The van der Waals surface area contributed by atoms with Gasteiger partial charge in [0.1, 0.15) is 11.4 Å². The second-order valence-corrected chi connectivity index (χ2v) is 5.35. The summed E-state index contributed by atoms with van der Waals surface area (Å²) in [7, 11) is 0.363. The van der Waals surface area contributed by atoms with E-state index in [9.17, 15) is 55.4 Å². The molecule has 2 aromatic carbocycles. The molecule has 0 aliphatic carbocycles. The van der Waals surface area contributed by atoms with Gasteiger partial charge in [-0.3, -0.25) is 20.2 Å². The van der Waals surface area contributed by atoms with Gasteiger partial charge < -0.3 is 4.90 Å². The van der Waals surface area contributed by atoms with Crippen LogP contribution in [-0.2, 0) is 6.18 Å². The normalized spacial score (nSPS) is 11.5. The zero-order valence-electron chi connectivity index (χ0n) is 13.7. The van der Waals surface area contributed by atoms with E-state index in [1.54, 1.807) is 0 Å². The Labute approximate surface area is 154 Å². The van der Waals surface area contributed by atoms with Crippen molar-refractivity contribution in [3.05, 3.63) is 67.0 Å². The lowest BCUT2D eigenvalue weighted by atomic mass is 10.1. The molecule has 0 aliphatic heterocycles. The number of benzene rings is 2. The number of nitro benzene ring substituents is 2. The van der Waals surface area contributed by atoms with Gasteiger partial charge in [-0.2, -0.15) is 13.2 Å². The highest BCUT2D eigenvalue weighted by Crippen LogP contribution is 2.47. The molecule has 0 saturated heterocycles. The number of hydrogen-bond donors (Lipinski definition) is 0. The minimum absolute atomic E-state index is 0.0487. The van der Waals surface area contributed by atoms with Crippen LogP contribution in [0.25, 0.3) is 0 Å². The van der Waals surface area contributed by atoms with Crippen molar-refractivity contribution < 1.29 is 45.0 Å². The molecule has 7 nitrogen and oxygen atoms in total. The first kappa shape index (κ1) is 21.8. The summed E-state index contributed by atoms with van der Waals surface area (Å²) in [5.74, 6) is -12.8. The summed E-state index contributed by atoms with van der Waals surface area (Å²) < 4.78 is 108. The zero-order valence-corrected chi connectivity index (χ0v) is 13.7. The first-order valence-corrected chi connectivity index (χ1v) is 6.99. The molecule has 0 amide bonds. The van der Waals surface area contributed by atoms with Crippen molar-refractivity contribution in [1.29, 1.82) is 0 Å². The van der Waals surface area contributed by atoms with Crippen LogP contribution in [0.15, 0.2) is 12.1 Å². The van der Waals surface area contributed by atoms with Gasteiger partial charge >= 0.3 is 6.18 Å². The van der Waals surface area contributed by atoms with E-state index in [1.807, 2.05) is 0 Å². The van der Waals surface area contributed by atoms with Gasteiger partial charge in [0, 0.05) is 13.1 Å². The smallest absolute Gasteiger partial charge is 0.334 e. The van der Waals surface area contributed by atoms with Gasteiger partial charge in [-0.25, -0.2) is 22.0 Å². The molecule has 0 fully saturated rings. The number of nitro groups is 2. The van der Waals surface area contributed by atoms with E-state index in [4.69, 9.17) is 0 Å². The molecule has 156 valence electrons. The summed E-state index contributed by atoms with van der Waals surface area (Å²) in [6, 6.07) is -0.127. The molecular weight excluding hydrogens is 426 g/mol. The quantitative estimate of drug-likeness (QED) is 0.224. The number of rotatable bonds is 4. The van der Waals surface area contributed by atoms with E-state index >= 15 is 0 Å². The largest absolute Gasteiger partial charge is 0.418 e. The van der Waals surface area contributed by atoms with E-state index in [-0.39, 0.29) is 17.0 Å². The number of nitrogens with zero attached hydrogens (tertiary/aromatic N) is 3. The summed E-state index contributed by atoms with van der Waals surface area (Å²) in [6.07, 6.45) is -5.54. The lowest BCUT2D eigenvalue weighted by Gasteiger charge is -2.24. The minimum atomic E-state index is -5.54. The van der Waals surface area contributed by atoms with Crippen LogP contribution in [0.1, 0.15) is 5.56 Å². The molecule has 29 heavy (non-hydrogen) atoms. The Bertz CT molecular complexity index is 1010.